The van der Waals surface area contributed by atoms with Crippen molar-refractivity contribution >= 4 is 16.8 Å². The van der Waals surface area contributed by atoms with Gasteiger partial charge in [-0.25, -0.2) is 4.79 Å². The fourth-order valence-corrected chi connectivity index (χ4v) is 3.05. The zero-order valence-corrected chi connectivity index (χ0v) is 13.9. The van der Waals surface area contributed by atoms with Crippen LogP contribution in [0.4, 0.5) is 0 Å². The summed E-state index contributed by atoms with van der Waals surface area (Å²) in [6.07, 6.45) is 0.364. The first-order valence-corrected chi connectivity index (χ1v) is 8.12. The van der Waals surface area contributed by atoms with Crippen molar-refractivity contribution in [3.05, 3.63) is 81.0 Å². The highest BCUT2D eigenvalue weighted by Crippen LogP contribution is 2.16. The number of amides is 1. The standard InChI is InChI=1S/C19H19N3O3/c1-2-15(17(20)23)22-16-11-7-6-10-14(16)18(24)21(19(22)25)12-13-8-4-3-5-9-13/h3-11,15H,2,12H2,1H3,(H2,20,23). The third kappa shape index (κ3) is 2.98. The monoisotopic (exact) mass is 337 g/mol. The highest BCUT2D eigenvalue weighted by molar-refractivity contribution is 5.83. The Morgan fingerprint density at radius 3 is 2.32 bits per heavy atom. The lowest BCUT2D eigenvalue weighted by Gasteiger charge is -2.19. The van der Waals surface area contributed by atoms with E-state index in [1.54, 1.807) is 31.2 Å². The van der Waals surface area contributed by atoms with E-state index in [0.717, 1.165) is 10.1 Å². The van der Waals surface area contributed by atoms with Gasteiger partial charge in [0.15, 0.2) is 0 Å². The van der Waals surface area contributed by atoms with Gasteiger partial charge in [0.2, 0.25) is 5.91 Å². The van der Waals surface area contributed by atoms with Crippen molar-refractivity contribution in [1.82, 2.24) is 9.13 Å². The van der Waals surface area contributed by atoms with Crippen molar-refractivity contribution in [2.45, 2.75) is 25.9 Å². The average molecular weight is 337 g/mol. The molecule has 0 aliphatic rings. The Hall–Kier alpha value is -3.15. The first-order chi connectivity index (χ1) is 12.0. The molecule has 3 rings (SSSR count). The molecule has 3 aromatic rings. The summed E-state index contributed by atoms with van der Waals surface area (Å²) in [4.78, 5) is 37.7. The van der Waals surface area contributed by atoms with Gasteiger partial charge in [0.1, 0.15) is 6.04 Å². The second-order valence-corrected chi connectivity index (χ2v) is 5.87. The van der Waals surface area contributed by atoms with E-state index in [9.17, 15) is 14.4 Å². The van der Waals surface area contributed by atoms with Gasteiger partial charge in [-0.3, -0.25) is 18.7 Å². The Morgan fingerprint density at radius 1 is 1.04 bits per heavy atom. The molecule has 0 aliphatic heterocycles. The number of benzene rings is 2. The van der Waals surface area contributed by atoms with Gasteiger partial charge in [0.25, 0.3) is 5.56 Å². The first kappa shape index (κ1) is 16.7. The van der Waals surface area contributed by atoms with Gasteiger partial charge in [0, 0.05) is 0 Å². The highest BCUT2D eigenvalue weighted by atomic mass is 16.2. The van der Waals surface area contributed by atoms with Crippen molar-refractivity contribution in [2.75, 3.05) is 0 Å². The number of fused-ring (bicyclic) bond motifs is 1. The lowest BCUT2D eigenvalue weighted by Crippen LogP contribution is -2.44. The van der Waals surface area contributed by atoms with Crippen LogP contribution in [0, 0.1) is 0 Å². The van der Waals surface area contributed by atoms with Gasteiger partial charge in [0.05, 0.1) is 17.4 Å². The summed E-state index contributed by atoms with van der Waals surface area (Å²) >= 11 is 0. The summed E-state index contributed by atoms with van der Waals surface area (Å²) in [5.41, 5.74) is 5.84. The molecule has 0 aliphatic carbocycles. The molecule has 1 atom stereocenters. The van der Waals surface area contributed by atoms with Crippen molar-refractivity contribution in [3.63, 3.8) is 0 Å². The van der Waals surface area contributed by atoms with E-state index in [-0.39, 0.29) is 12.1 Å². The molecular weight excluding hydrogens is 318 g/mol. The predicted octanol–water partition coefficient (Wildman–Crippen LogP) is 1.65. The van der Waals surface area contributed by atoms with Crippen LogP contribution in [0.1, 0.15) is 24.9 Å². The molecule has 2 N–H and O–H groups in total. The number of rotatable bonds is 5. The average Bonchev–Trinajstić information content (AvgIpc) is 2.62. The maximum Gasteiger partial charge on any atom is 0.332 e. The number of carbonyl (C=O) groups excluding carboxylic acids is 1. The largest absolute Gasteiger partial charge is 0.368 e. The molecule has 6 heteroatoms. The van der Waals surface area contributed by atoms with Crippen LogP contribution in [0.25, 0.3) is 10.9 Å². The van der Waals surface area contributed by atoms with Gasteiger partial charge in [-0.1, -0.05) is 49.4 Å². The minimum absolute atomic E-state index is 0.137. The molecule has 1 amide bonds. The molecule has 1 unspecified atom stereocenters. The first-order valence-electron chi connectivity index (χ1n) is 8.12. The van der Waals surface area contributed by atoms with E-state index >= 15 is 0 Å². The van der Waals surface area contributed by atoms with Crippen LogP contribution in [0.5, 0.6) is 0 Å². The van der Waals surface area contributed by atoms with E-state index in [1.165, 1.54) is 4.57 Å². The normalized spacial score (nSPS) is 12.2. The highest BCUT2D eigenvalue weighted by Gasteiger charge is 2.22. The number of hydrogen-bond acceptors (Lipinski definition) is 3. The Morgan fingerprint density at radius 2 is 1.68 bits per heavy atom. The number of nitrogens with zero attached hydrogens (tertiary/aromatic N) is 2. The number of hydrogen-bond donors (Lipinski definition) is 1. The zero-order valence-electron chi connectivity index (χ0n) is 13.9. The van der Waals surface area contributed by atoms with Gasteiger partial charge >= 0.3 is 5.69 Å². The summed E-state index contributed by atoms with van der Waals surface area (Å²) in [6, 6.07) is 15.2. The van der Waals surface area contributed by atoms with Crippen LogP contribution in [-0.4, -0.2) is 15.0 Å². The number of aromatic nitrogens is 2. The summed E-state index contributed by atoms with van der Waals surface area (Å²) < 4.78 is 2.49. The van der Waals surface area contributed by atoms with Crippen LogP contribution in [0.2, 0.25) is 0 Å². The molecule has 0 spiro atoms. The van der Waals surface area contributed by atoms with Gasteiger partial charge < -0.3 is 5.73 Å². The van der Waals surface area contributed by atoms with E-state index in [0.29, 0.717) is 17.3 Å². The summed E-state index contributed by atoms with van der Waals surface area (Å²) in [6.45, 7) is 1.92. The summed E-state index contributed by atoms with van der Waals surface area (Å²) in [7, 11) is 0. The van der Waals surface area contributed by atoms with E-state index < -0.39 is 17.6 Å². The fraction of sp³-hybridized carbons (Fsp3) is 0.211. The number of primary amides is 1. The maximum atomic E-state index is 13.0. The van der Waals surface area contributed by atoms with Gasteiger partial charge in [-0.15, -0.1) is 0 Å². The lowest BCUT2D eigenvalue weighted by atomic mass is 10.1. The van der Waals surface area contributed by atoms with Crippen molar-refractivity contribution in [1.29, 1.82) is 0 Å². The van der Waals surface area contributed by atoms with E-state index in [2.05, 4.69) is 0 Å². The second kappa shape index (κ2) is 6.76. The molecule has 0 bridgehead atoms. The molecule has 0 radical (unpaired) electrons. The third-order valence-electron chi connectivity index (χ3n) is 4.29. The van der Waals surface area contributed by atoms with Crippen molar-refractivity contribution < 1.29 is 4.79 Å². The molecule has 0 saturated heterocycles. The Balaban J connectivity index is 2.33. The van der Waals surface area contributed by atoms with Gasteiger partial charge in [-0.2, -0.15) is 0 Å². The zero-order chi connectivity index (χ0) is 18.0. The summed E-state index contributed by atoms with van der Waals surface area (Å²) in [5, 5.41) is 0.387. The SMILES string of the molecule is CCC(C(N)=O)n1c(=O)n(Cc2ccccc2)c(=O)c2ccccc21. The Kier molecular flexibility index (Phi) is 4.52. The lowest BCUT2D eigenvalue weighted by molar-refractivity contribution is -0.121. The summed E-state index contributed by atoms with van der Waals surface area (Å²) in [5.74, 6) is -0.598. The molecule has 25 heavy (non-hydrogen) atoms. The van der Waals surface area contributed by atoms with Gasteiger partial charge in [-0.05, 0) is 24.1 Å². The Labute approximate surface area is 144 Å². The fourth-order valence-electron chi connectivity index (χ4n) is 3.05. The van der Waals surface area contributed by atoms with Crippen LogP contribution in [0.15, 0.2) is 64.2 Å². The number of nitrogens with two attached hydrogens (primary N) is 1. The third-order valence-corrected chi connectivity index (χ3v) is 4.29. The minimum atomic E-state index is -0.806. The second-order valence-electron chi connectivity index (χ2n) is 5.87. The van der Waals surface area contributed by atoms with E-state index in [1.807, 2.05) is 30.3 Å². The van der Waals surface area contributed by atoms with Crippen molar-refractivity contribution in [2.24, 2.45) is 5.73 Å². The van der Waals surface area contributed by atoms with Crippen LogP contribution >= 0.6 is 0 Å². The molecular formula is C19H19N3O3. The Bertz CT molecular complexity index is 1040. The molecule has 1 aromatic heterocycles. The molecule has 0 saturated carbocycles. The number of carbonyl (C=O) groups is 1. The van der Waals surface area contributed by atoms with Crippen LogP contribution in [-0.2, 0) is 11.3 Å². The van der Waals surface area contributed by atoms with Crippen LogP contribution in [0.3, 0.4) is 0 Å². The molecule has 6 nitrogen and oxygen atoms in total. The molecule has 1 heterocycles. The minimum Gasteiger partial charge on any atom is -0.368 e. The quantitative estimate of drug-likeness (QED) is 0.768. The predicted molar refractivity (Wildman–Crippen MR) is 96.5 cm³/mol. The smallest absolute Gasteiger partial charge is 0.332 e. The molecule has 0 fully saturated rings. The number of para-hydroxylation sites is 1. The molecule has 2 aromatic carbocycles. The molecule has 128 valence electrons. The van der Waals surface area contributed by atoms with Crippen LogP contribution < -0.4 is 17.0 Å². The van der Waals surface area contributed by atoms with E-state index in [4.69, 9.17) is 5.73 Å². The topological polar surface area (TPSA) is 87.1 Å². The maximum absolute atomic E-state index is 13.0. The van der Waals surface area contributed by atoms with Crippen molar-refractivity contribution in [3.8, 4) is 0 Å².